The number of aromatic nitrogens is 2. The SMILES string of the molecule is [C-]#[N+]C=C(c1ccccc1)c1ccc2nc(N)c(CC)n2c1. The van der Waals surface area contributed by atoms with Crippen molar-refractivity contribution in [3.05, 3.63) is 83.1 Å². The van der Waals surface area contributed by atoms with E-state index in [1.807, 2.05) is 53.1 Å². The van der Waals surface area contributed by atoms with Crippen LogP contribution in [0, 0.1) is 6.57 Å². The summed E-state index contributed by atoms with van der Waals surface area (Å²) in [6, 6.07) is 13.8. The number of pyridine rings is 1. The van der Waals surface area contributed by atoms with Crippen molar-refractivity contribution in [3.63, 3.8) is 0 Å². The number of anilines is 1. The molecule has 0 aliphatic carbocycles. The van der Waals surface area contributed by atoms with E-state index >= 15 is 0 Å². The number of nitrogens with zero attached hydrogens (tertiary/aromatic N) is 3. The Balaban J connectivity index is 2.19. The Kier molecular flexibility index (Phi) is 3.63. The second kappa shape index (κ2) is 5.74. The standard InChI is InChI=1S/C18H16N4/c1-3-16-18(19)21-17-10-9-14(12-22(16)17)15(11-20-2)13-7-5-4-6-8-13/h4-12H,3,19H2,1H3. The highest BCUT2D eigenvalue weighted by Gasteiger charge is 2.10. The minimum absolute atomic E-state index is 0.565. The predicted octanol–water partition coefficient (Wildman–Crippen LogP) is 3.79. The third kappa shape index (κ3) is 2.33. The maximum atomic E-state index is 7.19. The molecule has 0 amide bonds. The van der Waals surface area contributed by atoms with Crippen molar-refractivity contribution in [2.45, 2.75) is 13.3 Å². The van der Waals surface area contributed by atoms with E-state index in [4.69, 9.17) is 12.3 Å². The van der Waals surface area contributed by atoms with Gasteiger partial charge in [0, 0.05) is 6.20 Å². The molecule has 3 rings (SSSR count). The van der Waals surface area contributed by atoms with Crippen molar-refractivity contribution < 1.29 is 0 Å². The molecular weight excluding hydrogens is 272 g/mol. The zero-order valence-corrected chi connectivity index (χ0v) is 12.3. The van der Waals surface area contributed by atoms with E-state index in [-0.39, 0.29) is 0 Å². The van der Waals surface area contributed by atoms with Gasteiger partial charge in [-0.25, -0.2) is 9.83 Å². The van der Waals surface area contributed by atoms with Gasteiger partial charge >= 0.3 is 0 Å². The average Bonchev–Trinajstić information content (AvgIpc) is 2.87. The van der Waals surface area contributed by atoms with Crippen molar-refractivity contribution in [3.8, 4) is 0 Å². The van der Waals surface area contributed by atoms with Crippen LogP contribution in [0.5, 0.6) is 0 Å². The molecule has 0 unspecified atom stereocenters. The monoisotopic (exact) mass is 288 g/mol. The number of imidazole rings is 1. The number of hydrogen-bond acceptors (Lipinski definition) is 2. The van der Waals surface area contributed by atoms with Crippen LogP contribution in [0.4, 0.5) is 5.82 Å². The summed E-state index contributed by atoms with van der Waals surface area (Å²) in [4.78, 5) is 7.82. The van der Waals surface area contributed by atoms with E-state index in [9.17, 15) is 0 Å². The van der Waals surface area contributed by atoms with Crippen LogP contribution in [0.2, 0.25) is 0 Å². The Hall–Kier alpha value is -3.06. The zero-order chi connectivity index (χ0) is 15.5. The molecule has 2 aromatic heterocycles. The van der Waals surface area contributed by atoms with Gasteiger partial charge in [-0.1, -0.05) is 43.3 Å². The maximum Gasteiger partial charge on any atom is 0.162 e. The summed E-state index contributed by atoms with van der Waals surface area (Å²) in [5.41, 5.74) is 10.7. The van der Waals surface area contributed by atoms with Crippen LogP contribution in [0.15, 0.2) is 54.9 Å². The van der Waals surface area contributed by atoms with Crippen LogP contribution in [0.3, 0.4) is 0 Å². The van der Waals surface area contributed by atoms with Gasteiger partial charge < -0.3 is 10.1 Å². The van der Waals surface area contributed by atoms with Crippen LogP contribution in [0.1, 0.15) is 23.7 Å². The summed E-state index contributed by atoms with van der Waals surface area (Å²) >= 11 is 0. The van der Waals surface area contributed by atoms with Gasteiger partial charge in [0.25, 0.3) is 0 Å². The lowest BCUT2D eigenvalue weighted by Gasteiger charge is -2.09. The Morgan fingerprint density at radius 2 is 2.00 bits per heavy atom. The van der Waals surface area contributed by atoms with Crippen molar-refractivity contribution >= 4 is 17.0 Å². The van der Waals surface area contributed by atoms with E-state index in [0.29, 0.717) is 5.82 Å². The fourth-order valence-electron chi connectivity index (χ4n) is 2.62. The molecule has 1 aromatic carbocycles. The smallest absolute Gasteiger partial charge is 0.162 e. The Labute approximate surface area is 129 Å². The van der Waals surface area contributed by atoms with Crippen molar-refractivity contribution in [2.75, 3.05) is 5.73 Å². The first-order valence-electron chi connectivity index (χ1n) is 7.13. The molecule has 0 radical (unpaired) electrons. The van der Waals surface area contributed by atoms with Gasteiger partial charge in [-0.2, -0.15) is 0 Å². The largest absolute Gasteiger partial charge is 0.382 e. The first kappa shape index (κ1) is 13.9. The van der Waals surface area contributed by atoms with E-state index < -0.39 is 0 Å². The fourth-order valence-corrected chi connectivity index (χ4v) is 2.62. The van der Waals surface area contributed by atoms with Crippen LogP contribution < -0.4 is 5.73 Å². The van der Waals surface area contributed by atoms with Crippen LogP contribution in [-0.2, 0) is 6.42 Å². The minimum atomic E-state index is 0.565. The molecular formula is C18H16N4. The van der Waals surface area contributed by atoms with E-state index in [1.165, 1.54) is 0 Å². The molecule has 4 nitrogen and oxygen atoms in total. The second-order valence-electron chi connectivity index (χ2n) is 4.98. The number of hydrogen-bond donors (Lipinski definition) is 1. The van der Waals surface area contributed by atoms with E-state index in [0.717, 1.165) is 34.5 Å². The van der Waals surface area contributed by atoms with Gasteiger partial charge in [0.05, 0.1) is 12.3 Å². The number of fused-ring (bicyclic) bond motifs is 1. The topological polar surface area (TPSA) is 47.7 Å². The lowest BCUT2D eigenvalue weighted by molar-refractivity contribution is 0.996. The van der Waals surface area contributed by atoms with Gasteiger partial charge in [0.2, 0.25) is 0 Å². The van der Waals surface area contributed by atoms with Gasteiger partial charge in [-0.3, -0.25) is 0 Å². The van der Waals surface area contributed by atoms with Gasteiger partial charge in [-0.15, -0.1) is 0 Å². The van der Waals surface area contributed by atoms with Crippen LogP contribution >= 0.6 is 0 Å². The average molecular weight is 288 g/mol. The lowest BCUT2D eigenvalue weighted by atomic mass is 10.0. The highest BCUT2D eigenvalue weighted by atomic mass is 15.1. The normalized spacial score (nSPS) is 11.5. The number of benzene rings is 1. The van der Waals surface area contributed by atoms with Crippen LogP contribution in [0.25, 0.3) is 16.1 Å². The van der Waals surface area contributed by atoms with Gasteiger partial charge in [-0.05, 0) is 29.2 Å². The molecule has 0 aliphatic rings. The van der Waals surface area contributed by atoms with Crippen molar-refractivity contribution in [2.24, 2.45) is 0 Å². The number of nitrogen functional groups attached to an aromatic ring is 1. The molecule has 0 atom stereocenters. The fraction of sp³-hybridized carbons (Fsp3) is 0.111. The lowest BCUT2D eigenvalue weighted by Crippen LogP contribution is -1.97. The summed E-state index contributed by atoms with van der Waals surface area (Å²) in [6.07, 6.45) is 4.37. The molecule has 3 aromatic rings. The summed E-state index contributed by atoms with van der Waals surface area (Å²) in [5, 5.41) is 0. The Bertz CT molecular complexity index is 883. The molecule has 0 aliphatic heterocycles. The third-order valence-electron chi connectivity index (χ3n) is 3.67. The molecule has 0 saturated heterocycles. The van der Waals surface area contributed by atoms with Crippen molar-refractivity contribution in [1.82, 2.24) is 9.38 Å². The van der Waals surface area contributed by atoms with E-state index in [1.54, 1.807) is 6.20 Å². The summed E-state index contributed by atoms with van der Waals surface area (Å²) in [6.45, 7) is 9.24. The predicted molar refractivity (Wildman–Crippen MR) is 89.1 cm³/mol. The molecule has 0 saturated carbocycles. The van der Waals surface area contributed by atoms with Gasteiger partial charge in [0.15, 0.2) is 6.20 Å². The molecule has 0 spiro atoms. The highest BCUT2D eigenvalue weighted by molar-refractivity contribution is 5.80. The molecule has 0 bridgehead atoms. The molecule has 2 N–H and O–H groups in total. The van der Waals surface area contributed by atoms with Crippen LogP contribution in [-0.4, -0.2) is 9.38 Å². The maximum absolute atomic E-state index is 7.19. The Morgan fingerprint density at radius 3 is 2.68 bits per heavy atom. The molecule has 108 valence electrons. The van der Waals surface area contributed by atoms with Gasteiger partial charge in [0.1, 0.15) is 11.5 Å². The zero-order valence-electron chi connectivity index (χ0n) is 12.3. The Morgan fingerprint density at radius 1 is 1.23 bits per heavy atom. The second-order valence-corrected chi connectivity index (χ2v) is 4.98. The number of aryl methyl sites for hydroxylation is 1. The molecule has 2 heterocycles. The molecule has 4 heteroatoms. The summed E-state index contributed by atoms with van der Waals surface area (Å²) in [7, 11) is 0. The third-order valence-corrected chi connectivity index (χ3v) is 3.67. The molecule has 0 fully saturated rings. The first-order valence-corrected chi connectivity index (χ1v) is 7.13. The quantitative estimate of drug-likeness (QED) is 0.745. The number of rotatable bonds is 3. The first-order chi connectivity index (χ1) is 10.7. The summed E-state index contributed by atoms with van der Waals surface area (Å²) < 4.78 is 2.01. The molecule has 22 heavy (non-hydrogen) atoms. The minimum Gasteiger partial charge on any atom is -0.382 e. The number of nitrogens with two attached hydrogens (primary N) is 1. The highest BCUT2D eigenvalue weighted by Crippen LogP contribution is 2.25. The van der Waals surface area contributed by atoms with E-state index in [2.05, 4.69) is 16.8 Å². The summed E-state index contributed by atoms with van der Waals surface area (Å²) in [5.74, 6) is 0.565. The van der Waals surface area contributed by atoms with Crippen molar-refractivity contribution in [1.29, 1.82) is 0 Å².